The SMILES string of the molecule is CC1(C(=O)O)CCN(C(=O)CC=Cc2cccc(F)c2)C1. The number of hydrogen-bond donors (Lipinski definition) is 1. The summed E-state index contributed by atoms with van der Waals surface area (Å²) in [5.74, 6) is -1.29. The summed E-state index contributed by atoms with van der Waals surface area (Å²) >= 11 is 0. The molecule has 5 heteroatoms. The van der Waals surface area contributed by atoms with E-state index in [1.165, 1.54) is 12.1 Å². The highest BCUT2D eigenvalue weighted by molar-refractivity contribution is 5.81. The topological polar surface area (TPSA) is 57.6 Å². The zero-order chi connectivity index (χ0) is 15.5. The monoisotopic (exact) mass is 291 g/mol. The maximum Gasteiger partial charge on any atom is 0.311 e. The van der Waals surface area contributed by atoms with E-state index in [1.807, 2.05) is 0 Å². The Hall–Kier alpha value is -2.17. The largest absolute Gasteiger partial charge is 0.481 e. The summed E-state index contributed by atoms with van der Waals surface area (Å²) in [6, 6.07) is 6.11. The lowest BCUT2D eigenvalue weighted by Gasteiger charge is -2.19. The van der Waals surface area contributed by atoms with Crippen LogP contribution in [0, 0.1) is 11.2 Å². The Morgan fingerprint density at radius 2 is 2.24 bits per heavy atom. The van der Waals surface area contributed by atoms with Gasteiger partial charge in [-0.15, -0.1) is 0 Å². The highest BCUT2D eigenvalue weighted by Crippen LogP contribution is 2.30. The first-order valence-electron chi connectivity index (χ1n) is 6.84. The molecule has 4 nitrogen and oxygen atoms in total. The zero-order valence-corrected chi connectivity index (χ0v) is 11.9. The minimum atomic E-state index is -0.867. The van der Waals surface area contributed by atoms with Gasteiger partial charge in [0.2, 0.25) is 5.91 Å². The van der Waals surface area contributed by atoms with E-state index in [4.69, 9.17) is 5.11 Å². The van der Waals surface area contributed by atoms with Gasteiger partial charge in [0.1, 0.15) is 5.82 Å². The van der Waals surface area contributed by atoms with Gasteiger partial charge in [-0.3, -0.25) is 9.59 Å². The zero-order valence-electron chi connectivity index (χ0n) is 11.9. The standard InChI is InChI=1S/C16H18FNO3/c1-16(15(20)21)8-9-18(11-16)14(19)7-3-5-12-4-2-6-13(17)10-12/h2-6,10H,7-9,11H2,1H3,(H,20,21). The minimum absolute atomic E-state index is 0.104. The van der Waals surface area contributed by atoms with Crippen molar-refractivity contribution in [1.29, 1.82) is 0 Å². The Labute approximate surface area is 122 Å². The van der Waals surface area contributed by atoms with Gasteiger partial charge in [0.25, 0.3) is 0 Å². The predicted molar refractivity (Wildman–Crippen MR) is 77.0 cm³/mol. The summed E-state index contributed by atoms with van der Waals surface area (Å²) in [6.07, 6.45) is 4.02. The molecule has 1 unspecified atom stereocenters. The number of aliphatic carboxylic acids is 1. The maximum absolute atomic E-state index is 13.0. The lowest BCUT2D eigenvalue weighted by atomic mass is 9.90. The number of amides is 1. The third kappa shape index (κ3) is 3.68. The van der Waals surface area contributed by atoms with Crippen molar-refractivity contribution in [2.75, 3.05) is 13.1 Å². The lowest BCUT2D eigenvalue weighted by Crippen LogP contribution is -2.34. The molecule has 1 saturated heterocycles. The van der Waals surface area contributed by atoms with Crippen LogP contribution in [0.25, 0.3) is 6.08 Å². The van der Waals surface area contributed by atoms with Crippen LogP contribution in [-0.2, 0) is 9.59 Å². The summed E-state index contributed by atoms with van der Waals surface area (Å²) in [6.45, 7) is 2.37. The van der Waals surface area contributed by atoms with Gasteiger partial charge in [-0.2, -0.15) is 0 Å². The Balaban J connectivity index is 1.90. The van der Waals surface area contributed by atoms with Gasteiger partial charge in [0.05, 0.1) is 5.41 Å². The highest BCUT2D eigenvalue weighted by atomic mass is 19.1. The molecule has 2 rings (SSSR count). The van der Waals surface area contributed by atoms with Crippen molar-refractivity contribution < 1.29 is 19.1 Å². The molecule has 0 bridgehead atoms. The fourth-order valence-electron chi connectivity index (χ4n) is 2.38. The van der Waals surface area contributed by atoms with E-state index >= 15 is 0 Å². The van der Waals surface area contributed by atoms with Gasteiger partial charge in [0.15, 0.2) is 0 Å². The van der Waals surface area contributed by atoms with Crippen LogP contribution in [0.3, 0.4) is 0 Å². The quantitative estimate of drug-likeness (QED) is 0.927. The van der Waals surface area contributed by atoms with Crippen molar-refractivity contribution in [3.8, 4) is 0 Å². The highest BCUT2D eigenvalue weighted by Gasteiger charge is 2.41. The summed E-state index contributed by atoms with van der Waals surface area (Å²) < 4.78 is 13.0. The van der Waals surface area contributed by atoms with Crippen LogP contribution in [0.5, 0.6) is 0 Å². The second-order valence-electron chi connectivity index (χ2n) is 5.59. The van der Waals surface area contributed by atoms with E-state index in [9.17, 15) is 14.0 Å². The number of halogens is 1. The molecule has 21 heavy (non-hydrogen) atoms. The molecule has 1 aromatic rings. The van der Waals surface area contributed by atoms with Crippen LogP contribution in [0.1, 0.15) is 25.3 Å². The molecule has 1 aliphatic heterocycles. The van der Waals surface area contributed by atoms with Gasteiger partial charge in [-0.05, 0) is 31.0 Å². The minimum Gasteiger partial charge on any atom is -0.481 e. The third-order valence-corrected chi connectivity index (χ3v) is 3.79. The van der Waals surface area contributed by atoms with Crippen molar-refractivity contribution in [2.24, 2.45) is 5.41 Å². The number of benzene rings is 1. The number of carbonyl (C=O) groups excluding carboxylic acids is 1. The second-order valence-corrected chi connectivity index (χ2v) is 5.59. The van der Waals surface area contributed by atoms with Crippen LogP contribution < -0.4 is 0 Å². The Kier molecular flexibility index (Phi) is 4.40. The molecule has 0 aliphatic carbocycles. The van der Waals surface area contributed by atoms with Crippen molar-refractivity contribution >= 4 is 18.0 Å². The molecule has 0 saturated carbocycles. The predicted octanol–water partition coefficient (Wildman–Crippen LogP) is 2.55. The summed E-state index contributed by atoms with van der Waals surface area (Å²) in [5.41, 5.74) is -0.151. The van der Waals surface area contributed by atoms with Crippen molar-refractivity contribution in [3.05, 3.63) is 41.7 Å². The molecule has 1 aromatic carbocycles. The number of rotatable bonds is 4. The van der Waals surface area contributed by atoms with E-state index < -0.39 is 11.4 Å². The van der Waals surface area contributed by atoms with Gasteiger partial charge < -0.3 is 10.0 Å². The Morgan fingerprint density at radius 3 is 2.86 bits per heavy atom. The molecule has 0 aromatic heterocycles. The first-order valence-corrected chi connectivity index (χ1v) is 6.84. The van der Waals surface area contributed by atoms with E-state index in [0.29, 0.717) is 18.5 Å². The van der Waals surface area contributed by atoms with Crippen molar-refractivity contribution in [2.45, 2.75) is 19.8 Å². The van der Waals surface area contributed by atoms with Crippen LogP contribution in [0.15, 0.2) is 30.3 Å². The molecule has 1 fully saturated rings. The number of hydrogen-bond acceptors (Lipinski definition) is 2. The van der Waals surface area contributed by atoms with E-state index in [-0.39, 0.29) is 24.7 Å². The molecule has 1 heterocycles. The number of carboxylic acids is 1. The lowest BCUT2D eigenvalue weighted by molar-refractivity contribution is -0.147. The van der Waals surface area contributed by atoms with Crippen LogP contribution in [0.4, 0.5) is 4.39 Å². The molecule has 0 spiro atoms. The van der Waals surface area contributed by atoms with Crippen molar-refractivity contribution in [3.63, 3.8) is 0 Å². The second kappa shape index (κ2) is 6.08. The van der Waals surface area contributed by atoms with E-state index in [1.54, 1.807) is 36.1 Å². The summed E-state index contributed by atoms with van der Waals surface area (Å²) in [5, 5.41) is 9.14. The molecule has 1 aliphatic rings. The average Bonchev–Trinajstić information content (AvgIpc) is 2.83. The van der Waals surface area contributed by atoms with Gasteiger partial charge in [-0.25, -0.2) is 4.39 Å². The summed E-state index contributed by atoms with van der Waals surface area (Å²) in [4.78, 5) is 24.7. The van der Waals surface area contributed by atoms with E-state index in [2.05, 4.69) is 0 Å². The molecular formula is C16H18FNO3. The molecular weight excluding hydrogens is 273 g/mol. The number of carbonyl (C=O) groups is 2. The van der Waals surface area contributed by atoms with Gasteiger partial charge in [0, 0.05) is 19.5 Å². The molecule has 0 radical (unpaired) electrons. The van der Waals surface area contributed by atoms with E-state index in [0.717, 1.165) is 0 Å². The average molecular weight is 291 g/mol. The fourth-order valence-corrected chi connectivity index (χ4v) is 2.38. The molecule has 1 atom stereocenters. The maximum atomic E-state index is 13.0. The smallest absolute Gasteiger partial charge is 0.311 e. The van der Waals surface area contributed by atoms with Gasteiger partial charge >= 0.3 is 5.97 Å². The first-order chi connectivity index (χ1) is 9.90. The number of likely N-dealkylation sites (tertiary alicyclic amines) is 1. The number of carboxylic acid groups (broad SMARTS) is 1. The molecule has 112 valence electrons. The normalized spacial score (nSPS) is 21.9. The number of nitrogens with zero attached hydrogens (tertiary/aromatic N) is 1. The Bertz CT molecular complexity index is 585. The third-order valence-electron chi connectivity index (χ3n) is 3.79. The summed E-state index contributed by atoms with van der Waals surface area (Å²) in [7, 11) is 0. The Morgan fingerprint density at radius 1 is 1.48 bits per heavy atom. The fraction of sp³-hybridized carbons (Fsp3) is 0.375. The van der Waals surface area contributed by atoms with Crippen LogP contribution in [0.2, 0.25) is 0 Å². The molecule has 1 amide bonds. The van der Waals surface area contributed by atoms with Crippen molar-refractivity contribution in [1.82, 2.24) is 4.90 Å². The van der Waals surface area contributed by atoms with Gasteiger partial charge in [-0.1, -0.05) is 24.3 Å². The molecule has 1 N–H and O–H groups in total. The first kappa shape index (κ1) is 15.2. The van der Waals surface area contributed by atoms with Crippen LogP contribution >= 0.6 is 0 Å². The van der Waals surface area contributed by atoms with Crippen LogP contribution in [-0.4, -0.2) is 35.0 Å².